The normalized spacial score (nSPS) is 12.2. The van der Waals surface area contributed by atoms with Crippen molar-refractivity contribution in [2.24, 2.45) is 0 Å². The van der Waals surface area contributed by atoms with E-state index < -0.39 is 10.0 Å². The average molecular weight is 218 g/mol. The first-order chi connectivity index (χ1) is 6.54. The van der Waals surface area contributed by atoms with Crippen LogP contribution in [-0.4, -0.2) is 36.0 Å². The summed E-state index contributed by atoms with van der Waals surface area (Å²) in [6, 6.07) is 0. The molecule has 6 nitrogen and oxygen atoms in total. The van der Waals surface area contributed by atoms with Crippen molar-refractivity contribution in [3.05, 3.63) is 6.20 Å². The van der Waals surface area contributed by atoms with Gasteiger partial charge in [-0.1, -0.05) is 13.8 Å². The minimum atomic E-state index is -3.47. The number of nitrogens with two attached hydrogens (primary N) is 1. The summed E-state index contributed by atoms with van der Waals surface area (Å²) in [5.74, 6) is 0.0805. The minimum absolute atomic E-state index is 0.0428. The first kappa shape index (κ1) is 11.0. The number of hydrogen-bond acceptors (Lipinski definition) is 4. The highest BCUT2D eigenvalue weighted by Gasteiger charge is 2.25. The number of hydrogen-bond donors (Lipinski definition) is 2. The summed E-state index contributed by atoms with van der Waals surface area (Å²) in [5.41, 5.74) is 5.45. The highest BCUT2D eigenvalue weighted by molar-refractivity contribution is 7.89. The van der Waals surface area contributed by atoms with Crippen LogP contribution in [0.1, 0.15) is 13.8 Å². The maximum absolute atomic E-state index is 11.9. The van der Waals surface area contributed by atoms with E-state index in [0.29, 0.717) is 13.1 Å². The third kappa shape index (κ3) is 1.73. The fourth-order valence-corrected chi connectivity index (χ4v) is 2.66. The van der Waals surface area contributed by atoms with Gasteiger partial charge in [-0.25, -0.2) is 8.42 Å². The molecule has 80 valence electrons. The Kier molecular flexibility index (Phi) is 3.12. The number of H-pyrrole nitrogens is 1. The summed E-state index contributed by atoms with van der Waals surface area (Å²) in [7, 11) is -3.47. The number of sulfonamides is 1. The van der Waals surface area contributed by atoms with Crippen molar-refractivity contribution < 1.29 is 8.42 Å². The maximum Gasteiger partial charge on any atom is 0.248 e. The third-order valence-electron chi connectivity index (χ3n) is 1.96. The first-order valence-corrected chi connectivity index (χ1v) is 5.77. The number of nitrogens with zero attached hydrogens (tertiary/aromatic N) is 2. The number of anilines is 1. The predicted octanol–water partition coefficient (Wildman–Crippen LogP) is 0.0224. The molecular formula is C7H14N4O2S. The average Bonchev–Trinajstić information content (AvgIpc) is 2.53. The van der Waals surface area contributed by atoms with E-state index in [1.807, 2.05) is 0 Å². The van der Waals surface area contributed by atoms with Gasteiger partial charge >= 0.3 is 0 Å². The summed E-state index contributed by atoms with van der Waals surface area (Å²) in [6.07, 6.45) is 1.23. The molecule has 0 saturated carbocycles. The minimum Gasteiger partial charge on any atom is -0.383 e. The molecule has 0 spiro atoms. The molecule has 0 aliphatic carbocycles. The molecule has 14 heavy (non-hydrogen) atoms. The van der Waals surface area contributed by atoms with Crippen LogP contribution in [0.4, 0.5) is 5.82 Å². The lowest BCUT2D eigenvalue weighted by Crippen LogP contribution is -2.30. The second kappa shape index (κ2) is 3.97. The van der Waals surface area contributed by atoms with Gasteiger partial charge in [-0.05, 0) is 0 Å². The topological polar surface area (TPSA) is 92.1 Å². The number of nitrogen functional groups attached to an aromatic ring is 1. The summed E-state index contributed by atoms with van der Waals surface area (Å²) >= 11 is 0. The van der Waals surface area contributed by atoms with Crippen LogP contribution in [0.15, 0.2) is 11.1 Å². The van der Waals surface area contributed by atoms with Crippen molar-refractivity contribution >= 4 is 15.8 Å². The number of nitrogens with one attached hydrogen (secondary N) is 1. The Labute approximate surface area is 83.1 Å². The van der Waals surface area contributed by atoms with Crippen molar-refractivity contribution in [3.8, 4) is 0 Å². The van der Waals surface area contributed by atoms with Crippen LogP contribution in [0.5, 0.6) is 0 Å². The van der Waals surface area contributed by atoms with Crippen molar-refractivity contribution in [2.75, 3.05) is 18.8 Å². The van der Waals surface area contributed by atoms with Crippen molar-refractivity contribution in [3.63, 3.8) is 0 Å². The molecule has 0 saturated heterocycles. The zero-order valence-electron chi connectivity index (χ0n) is 8.19. The Morgan fingerprint density at radius 3 is 2.43 bits per heavy atom. The van der Waals surface area contributed by atoms with Crippen LogP contribution in [-0.2, 0) is 10.0 Å². The van der Waals surface area contributed by atoms with Gasteiger partial charge in [0, 0.05) is 13.1 Å². The second-order valence-corrected chi connectivity index (χ2v) is 4.64. The zero-order chi connectivity index (χ0) is 10.8. The molecule has 1 rings (SSSR count). The number of aromatic nitrogens is 2. The van der Waals surface area contributed by atoms with Crippen LogP contribution >= 0.6 is 0 Å². The SMILES string of the molecule is CCN(CC)S(=O)(=O)c1cn[nH]c1N. The van der Waals surface area contributed by atoms with Crippen molar-refractivity contribution in [1.29, 1.82) is 0 Å². The number of rotatable bonds is 4. The third-order valence-corrected chi connectivity index (χ3v) is 4.03. The van der Waals surface area contributed by atoms with Crippen LogP contribution in [0, 0.1) is 0 Å². The molecule has 1 heterocycles. The van der Waals surface area contributed by atoms with Gasteiger partial charge in [0.15, 0.2) is 0 Å². The highest BCUT2D eigenvalue weighted by atomic mass is 32.2. The van der Waals surface area contributed by atoms with Gasteiger partial charge in [-0.3, -0.25) is 5.10 Å². The molecule has 0 fully saturated rings. The summed E-state index contributed by atoms with van der Waals surface area (Å²) in [4.78, 5) is 0.0428. The van der Waals surface area contributed by atoms with E-state index in [9.17, 15) is 8.42 Å². The van der Waals surface area contributed by atoms with Crippen LogP contribution in [0.25, 0.3) is 0 Å². The Balaban J connectivity index is 3.14. The monoisotopic (exact) mass is 218 g/mol. The predicted molar refractivity (Wildman–Crippen MR) is 53.1 cm³/mol. The molecule has 1 aromatic heterocycles. The molecule has 3 N–H and O–H groups in total. The van der Waals surface area contributed by atoms with E-state index in [0.717, 1.165) is 0 Å². The van der Waals surface area contributed by atoms with E-state index in [-0.39, 0.29) is 10.7 Å². The van der Waals surface area contributed by atoms with Crippen molar-refractivity contribution in [2.45, 2.75) is 18.7 Å². The largest absolute Gasteiger partial charge is 0.383 e. The molecule has 0 atom stereocenters. The van der Waals surface area contributed by atoms with E-state index in [4.69, 9.17) is 5.73 Å². The lowest BCUT2D eigenvalue weighted by molar-refractivity contribution is 0.445. The molecular weight excluding hydrogens is 204 g/mol. The number of aromatic amines is 1. The second-order valence-electron chi connectivity index (χ2n) is 2.74. The Hall–Kier alpha value is -1.08. The van der Waals surface area contributed by atoms with E-state index in [2.05, 4.69) is 10.2 Å². The van der Waals surface area contributed by atoms with Crippen LogP contribution in [0.3, 0.4) is 0 Å². The Morgan fingerprint density at radius 2 is 2.07 bits per heavy atom. The Bertz CT molecular complexity index is 394. The lowest BCUT2D eigenvalue weighted by atomic mass is 10.7. The molecule has 0 amide bonds. The maximum atomic E-state index is 11.9. The molecule has 0 bridgehead atoms. The van der Waals surface area contributed by atoms with E-state index >= 15 is 0 Å². The van der Waals surface area contributed by atoms with Crippen molar-refractivity contribution in [1.82, 2.24) is 14.5 Å². The van der Waals surface area contributed by atoms with Gasteiger partial charge in [0.1, 0.15) is 10.7 Å². The standard InChI is InChI=1S/C7H14N4O2S/c1-3-11(4-2)14(12,13)6-5-9-10-7(6)8/h5H,3-4H2,1-2H3,(H3,8,9,10). The van der Waals surface area contributed by atoms with Gasteiger partial charge in [0.2, 0.25) is 10.0 Å². The first-order valence-electron chi connectivity index (χ1n) is 4.33. The van der Waals surface area contributed by atoms with Gasteiger partial charge in [0.05, 0.1) is 6.20 Å². The quantitative estimate of drug-likeness (QED) is 0.745. The molecule has 0 aromatic carbocycles. The zero-order valence-corrected chi connectivity index (χ0v) is 9.00. The van der Waals surface area contributed by atoms with E-state index in [1.165, 1.54) is 10.5 Å². The molecule has 0 unspecified atom stereocenters. The van der Waals surface area contributed by atoms with Crippen LogP contribution in [0.2, 0.25) is 0 Å². The molecule has 0 aliphatic heterocycles. The van der Waals surface area contributed by atoms with Gasteiger partial charge in [0.25, 0.3) is 0 Å². The highest BCUT2D eigenvalue weighted by Crippen LogP contribution is 2.18. The molecule has 0 aliphatic rings. The molecule has 7 heteroatoms. The van der Waals surface area contributed by atoms with E-state index in [1.54, 1.807) is 13.8 Å². The molecule has 1 aromatic rings. The smallest absolute Gasteiger partial charge is 0.248 e. The van der Waals surface area contributed by atoms with Gasteiger partial charge in [-0.15, -0.1) is 0 Å². The summed E-state index contributed by atoms with van der Waals surface area (Å²) < 4.78 is 25.1. The van der Waals surface area contributed by atoms with Gasteiger partial charge in [-0.2, -0.15) is 9.40 Å². The van der Waals surface area contributed by atoms with Gasteiger partial charge < -0.3 is 5.73 Å². The Morgan fingerprint density at radius 1 is 1.50 bits per heavy atom. The van der Waals surface area contributed by atoms with Crippen LogP contribution < -0.4 is 5.73 Å². The lowest BCUT2D eigenvalue weighted by Gasteiger charge is -2.17. The fourth-order valence-electron chi connectivity index (χ4n) is 1.19. The summed E-state index contributed by atoms with van der Waals surface area (Å²) in [6.45, 7) is 4.39. The fraction of sp³-hybridized carbons (Fsp3) is 0.571. The summed E-state index contributed by atoms with van der Waals surface area (Å²) in [5, 5.41) is 5.98. The molecule has 0 radical (unpaired) electrons.